The molecular formula is C20H16ClN7O2. The number of aromatic amines is 1. The van der Waals surface area contributed by atoms with Crippen molar-refractivity contribution < 1.29 is 9.21 Å². The van der Waals surface area contributed by atoms with Gasteiger partial charge in [-0.05, 0) is 25.1 Å². The molecule has 2 N–H and O–H groups in total. The lowest BCUT2D eigenvalue weighted by molar-refractivity contribution is 0.0935. The van der Waals surface area contributed by atoms with Crippen LogP contribution in [-0.2, 0) is 7.05 Å². The normalized spacial score (nSPS) is 12.5. The van der Waals surface area contributed by atoms with Crippen molar-refractivity contribution in [3.63, 3.8) is 0 Å². The number of benzene rings is 1. The van der Waals surface area contributed by atoms with Crippen LogP contribution in [0.4, 0.5) is 0 Å². The number of rotatable bonds is 4. The summed E-state index contributed by atoms with van der Waals surface area (Å²) in [5.74, 6) is 0.115. The molecule has 4 heterocycles. The number of nitrogens with zero attached hydrogens (tertiary/aromatic N) is 5. The number of hydrogen-bond acceptors (Lipinski definition) is 6. The maximum absolute atomic E-state index is 12.8. The van der Waals surface area contributed by atoms with E-state index in [-0.39, 0.29) is 5.91 Å². The summed E-state index contributed by atoms with van der Waals surface area (Å²) >= 11 is 6.11. The van der Waals surface area contributed by atoms with Crippen molar-refractivity contribution in [1.82, 2.24) is 35.0 Å². The van der Waals surface area contributed by atoms with Crippen LogP contribution >= 0.6 is 11.6 Å². The van der Waals surface area contributed by atoms with Crippen LogP contribution in [0.1, 0.15) is 29.2 Å². The van der Waals surface area contributed by atoms with Crippen LogP contribution in [0, 0.1) is 0 Å². The molecule has 0 aliphatic heterocycles. The van der Waals surface area contributed by atoms with Crippen molar-refractivity contribution in [3.05, 3.63) is 59.5 Å². The minimum absolute atomic E-state index is 0.309. The van der Waals surface area contributed by atoms with E-state index in [1.165, 1.54) is 12.5 Å². The molecule has 1 atom stereocenters. The number of hydrogen-bond donors (Lipinski definition) is 2. The maximum atomic E-state index is 12.8. The SMILES string of the molecule is CC(NC(=O)c1c[nH]c2ncc(-c3nn(C)c4cc(Cl)ccc34)nc12)c1ncco1. The highest BCUT2D eigenvalue weighted by molar-refractivity contribution is 6.31. The zero-order valence-electron chi connectivity index (χ0n) is 16.0. The second-order valence-electron chi connectivity index (χ2n) is 6.85. The third-order valence-electron chi connectivity index (χ3n) is 4.85. The number of nitrogens with one attached hydrogen (secondary N) is 2. The Morgan fingerprint density at radius 3 is 3.00 bits per heavy atom. The fourth-order valence-electron chi connectivity index (χ4n) is 3.38. The van der Waals surface area contributed by atoms with Gasteiger partial charge in [-0.2, -0.15) is 5.10 Å². The quantitative estimate of drug-likeness (QED) is 0.457. The van der Waals surface area contributed by atoms with Crippen molar-refractivity contribution in [1.29, 1.82) is 0 Å². The molecule has 0 aliphatic rings. The number of amides is 1. The molecule has 0 saturated carbocycles. The largest absolute Gasteiger partial charge is 0.447 e. The smallest absolute Gasteiger partial charge is 0.255 e. The zero-order valence-corrected chi connectivity index (χ0v) is 16.8. The monoisotopic (exact) mass is 421 g/mol. The first-order valence-electron chi connectivity index (χ1n) is 9.18. The van der Waals surface area contributed by atoms with Gasteiger partial charge >= 0.3 is 0 Å². The Morgan fingerprint density at radius 1 is 1.33 bits per heavy atom. The zero-order chi connectivity index (χ0) is 20.8. The van der Waals surface area contributed by atoms with Crippen LogP contribution in [0.2, 0.25) is 5.02 Å². The molecule has 0 aliphatic carbocycles. The first-order valence-corrected chi connectivity index (χ1v) is 9.56. The average molecular weight is 422 g/mol. The standard InChI is InChI=1S/C20H16ClN7O2/c1-10(20-22-5-6-30-20)25-19(29)13-8-23-18-17(13)26-14(9-24-18)16-12-4-3-11(21)7-15(12)28(2)27-16/h3-10H,1-2H3,(H,23,24)(H,25,29). The van der Waals surface area contributed by atoms with Crippen LogP contribution in [0.25, 0.3) is 33.5 Å². The molecule has 5 aromatic rings. The maximum Gasteiger partial charge on any atom is 0.255 e. The highest BCUT2D eigenvalue weighted by Gasteiger charge is 2.20. The third kappa shape index (κ3) is 3.00. The van der Waals surface area contributed by atoms with Crippen molar-refractivity contribution in [2.45, 2.75) is 13.0 Å². The van der Waals surface area contributed by atoms with E-state index in [9.17, 15) is 4.79 Å². The molecule has 5 rings (SSSR count). The lowest BCUT2D eigenvalue weighted by Crippen LogP contribution is -2.26. The second kappa shape index (κ2) is 6.96. The molecule has 0 fully saturated rings. The molecule has 9 nitrogen and oxygen atoms in total. The summed E-state index contributed by atoms with van der Waals surface area (Å²) in [4.78, 5) is 29.0. The van der Waals surface area contributed by atoms with Crippen LogP contribution in [-0.4, -0.2) is 35.6 Å². The number of aromatic nitrogens is 6. The molecule has 0 radical (unpaired) electrons. The Morgan fingerprint density at radius 2 is 2.20 bits per heavy atom. The summed E-state index contributed by atoms with van der Waals surface area (Å²) < 4.78 is 6.99. The summed E-state index contributed by atoms with van der Waals surface area (Å²) in [5, 5.41) is 8.96. The van der Waals surface area contributed by atoms with Gasteiger partial charge in [0.15, 0.2) is 5.65 Å². The van der Waals surface area contributed by atoms with E-state index in [0.717, 1.165) is 10.9 Å². The van der Waals surface area contributed by atoms with Gasteiger partial charge in [0, 0.05) is 23.7 Å². The number of carbonyl (C=O) groups excluding carboxylic acids is 1. The first kappa shape index (κ1) is 18.3. The molecule has 10 heteroatoms. The lowest BCUT2D eigenvalue weighted by Gasteiger charge is -2.09. The molecule has 30 heavy (non-hydrogen) atoms. The Bertz CT molecular complexity index is 1390. The highest BCUT2D eigenvalue weighted by Crippen LogP contribution is 2.29. The summed E-state index contributed by atoms with van der Waals surface area (Å²) in [6, 6.07) is 5.16. The summed E-state index contributed by atoms with van der Waals surface area (Å²) in [6.07, 6.45) is 6.21. The van der Waals surface area contributed by atoms with E-state index in [1.807, 2.05) is 19.2 Å². The predicted molar refractivity (Wildman–Crippen MR) is 111 cm³/mol. The fraction of sp³-hybridized carbons (Fsp3) is 0.150. The van der Waals surface area contributed by atoms with Gasteiger partial charge in [0.25, 0.3) is 5.91 Å². The Labute approximate surface area is 175 Å². The van der Waals surface area contributed by atoms with Gasteiger partial charge in [-0.25, -0.2) is 15.0 Å². The number of carbonyl (C=O) groups is 1. The van der Waals surface area contributed by atoms with Crippen LogP contribution in [0.3, 0.4) is 0 Å². The van der Waals surface area contributed by atoms with E-state index in [1.54, 1.807) is 30.1 Å². The van der Waals surface area contributed by atoms with Gasteiger partial charge in [-0.3, -0.25) is 9.48 Å². The van der Waals surface area contributed by atoms with Gasteiger partial charge in [-0.15, -0.1) is 0 Å². The van der Waals surface area contributed by atoms with E-state index in [2.05, 4.69) is 30.4 Å². The van der Waals surface area contributed by atoms with Crippen molar-refractivity contribution in [2.24, 2.45) is 7.05 Å². The number of halogens is 1. The van der Waals surface area contributed by atoms with Gasteiger partial charge in [0.05, 0.1) is 23.5 Å². The molecule has 150 valence electrons. The molecule has 0 bridgehead atoms. The Balaban J connectivity index is 1.55. The molecule has 1 amide bonds. The number of fused-ring (bicyclic) bond motifs is 2. The predicted octanol–water partition coefficient (Wildman–Crippen LogP) is 3.64. The van der Waals surface area contributed by atoms with Crippen LogP contribution in [0.15, 0.2) is 47.5 Å². The Kier molecular flexibility index (Phi) is 4.25. The summed E-state index contributed by atoms with van der Waals surface area (Å²) in [5.41, 5.74) is 3.45. The average Bonchev–Trinajstić information content (AvgIpc) is 3.46. The number of aryl methyl sites for hydroxylation is 1. The topological polar surface area (TPSA) is 115 Å². The molecular weight excluding hydrogens is 406 g/mol. The first-order chi connectivity index (χ1) is 14.5. The number of H-pyrrole nitrogens is 1. The minimum atomic E-state index is -0.391. The highest BCUT2D eigenvalue weighted by atomic mass is 35.5. The summed E-state index contributed by atoms with van der Waals surface area (Å²) in [7, 11) is 1.84. The number of oxazole rings is 1. The lowest BCUT2D eigenvalue weighted by atomic mass is 10.1. The Hall–Kier alpha value is -3.72. The second-order valence-corrected chi connectivity index (χ2v) is 7.29. The minimum Gasteiger partial charge on any atom is -0.447 e. The van der Waals surface area contributed by atoms with Crippen LogP contribution in [0.5, 0.6) is 0 Å². The van der Waals surface area contributed by atoms with E-state index >= 15 is 0 Å². The van der Waals surface area contributed by atoms with Crippen molar-refractivity contribution >= 4 is 39.6 Å². The van der Waals surface area contributed by atoms with Gasteiger partial charge in [0.1, 0.15) is 29.2 Å². The van der Waals surface area contributed by atoms with Crippen LogP contribution < -0.4 is 5.32 Å². The summed E-state index contributed by atoms with van der Waals surface area (Å²) in [6.45, 7) is 1.79. The molecule has 0 saturated heterocycles. The third-order valence-corrected chi connectivity index (χ3v) is 5.09. The van der Waals surface area contributed by atoms with Gasteiger partial charge in [0.2, 0.25) is 5.89 Å². The van der Waals surface area contributed by atoms with Gasteiger partial charge < -0.3 is 14.7 Å². The fourth-order valence-corrected chi connectivity index (χ4v) is 3.55. The van der Waals surface area contributed by atoms with E-state index < -0.39 is 6.04 Å². The van der Waals surface area contributed by atoms with Crippen molar-refractivity contribution in [2.75, 3.05) is 0 Å². The molecule has 1 aromatic carbocycles. The molecule has 4 aromatic heterocycles. The van der Waals surface area contributed by atoms with E-state index in [0.29, 0.717) is 39.0 Å². The van der Waals surface area contributed by atoms with Gasteiger partial charge in [-0.1, -0.05) is 11.6 Å². The van der Waals surface area contributed by atoms with E-state index in [4.69, 9.17) is 16.0 Å². The molecule has 1 unspecified atom stereocenters. The van der Waals surface area contributed by atoms with Crippen molar-refractivity contribution in [3.8, 4) is 11.4 Å². The molecule has 0 spiro atoms.